The molecule has 10 aromatic carbocycles. The highest BCUT2D eigenvalue weighted by molar-refractivity contribution is 7.02. The highest BCUT2D eigenvalue weighted by Gasteiger charge is 2.47. The van der Waals surface area contributed by atoms with Crippen molar-refractivity contribution in [2.75, 3.05) is 14.7 Å². The third-order valence-electron chi connectivity index (χ3n) is 18.0. The minimum atomic E-state index is -0.202. The summed E-state index contributed by atoms with van der Waals surface area (Å²) in [6.45, 7) is 6.99. The smallest absolute Gasteiger partial charge is 0.253 e. The van der Waals surface area contributed by atoms with Gasteiger partial charge in [0, 0.05) is 72.7 Å². The number of fused-ring (bicyclic) bond motifs is 8. The third-order valence-corrected chi connectivity index (χ3v) is 18.0. The van der Waals surface area contributed by atoms with Crippen molar-refractivity contribution in [3.8, 4) is 22.3 Å². The fourth-order valence-electron chi connectivity index (χ4n) is 14.4. The van der Waals surface area contributed by atoms with E-state index < -0.39 is 0 Å². The maximum atomic E-state index is 2.79. The molecule has 0 N–H and O–H groups in total. The molecule has 15 rings (SSSR count). The van der Waals surface area contributed by atoms with Crippen LogP contribution in [0.4, 0.5) is 51.2 Å². The number of benzene rings is 10. The van der Waals surface area contributed by atoms with E-state index in [9.17, 15) is 0 Å². The first-order valence-corrected chi connectivity index (χ1v) is 29.4. The number of hydrogen-bond acceptors (Lipinski definition) is 3. The molecular formula is C76H65BN4. The molecule has 0 amide bonds. The van der Waals surface area contributed by atoms with E-state index in [0.29, 0.717) is 5.92 Å². The lowest BCUT2D eigenvalue weighted by molar-refractivity contribution is 0.424. The summed E-state index contributed by atoms with van der Waals surface area (Å²) in [6.07, 6.45) is 14.4. The standard InChI is InChI=1S/C76H65BN4/c1-76(2,3)55-49-71-74-72(50-55)81(66-43-25-21-39-61(66)54-31-13-6-14-32-54)70-51-58(78(56-33-15-7-16-34-56)57-35-17-8-18-36-57)45-46-63(70)77(74)75-69(80(71)65-42-24-20-38-60(65)53-29-11-5-12-30-53)48-47-68-73(75)62-40-22-26-44-67(62)79(68)64-41-23-19-37-59(64)52-27-9-4-10-28-52/h4-9,11-18,20-22,24-26,29-40,42-52,64H,10,19,23,27-28,41H2,1-3H3. The van der Waals surface area contributed by atoms with Crippen LogP contribution in [0, 0.1) is 5.92 Å². The lowest BCUT2D eigenvalue weighted by atomic mass is 9.33. The Morgan fingerprint density at radius 3 is 1.65 bits per heavy atom. The van der Waals surface area contributed by atoms with Crippen molar-refractivity contribution in [1.82, 2.24) is 4.57 Å². The monoisotopic (exact) mass is 1040 g/mol. The number of nitrogens with zero attached hydrogens (tertiary/aromatic N) is 4. The van der Waals surface area contributed by atoms with E-state index in [-0.39, 0.29) is 18.2 Å². The predicted molar refractivity (Wildman–Crippen MR) is 345 cm³/mol. The summed E-state index contributed by atoms with van der Waals surface area (Å²) in [5.41, 5.74) is 24.5. The number of rotatable bonds is 9. The van der Waals surface area contributed by atoms with E-state index in [1.165, 1.54) is 107 Å². The molecule has 5 heteroatoms. The summed E-state index contributed by atoms with van der Waals surface area (Å²) in [4.78, 5) is 7.74. The molecule has 11 aromatic rings. The molecule has 0 bridgehead atoms. The first-order valence-electron chi connectivity index (χ1n) is 29.4. The van der Waals surface area contributed by atoms with Gasteiger partial charge in [-0.25, -0.2) is 0 Å². The maximum Gasteiger partial charge on any atom is 0.253 e. The Morgan fingerprint density at radius 1 is 0.457 bits per heavy atom. The largest absolute Gasteiger partial charge is 0.333 e. The van der Waals surface area contributed by atoms with Gasteiger partial charge in [-0.3, -0.25) is 0 Å². The van der Waals surface area contributed by atoms with Crippen LogP contribution in [-0.4, -0.2) is 11.3 Å². The fraction of sp³-hybridized carbons (Fsp3) is 0.158. The Morgan fingerprint density at radius 2 is 1.04 bits per heavy atom. The number of aromatic nitrogens is 1. The van der Waals surface area contributed by atoms with Crippen LogP contribution in [0.2, 0.25) is 0 Å². The van der Waals surface area contributed by atoms with E-state index >= 15 is 0 Å². The summed E-state index contributed by atoms with van der Waals surface area (Å²) in [5.74, 6) is 0.557. The van der Waals surface area contributed by atoms with Crippen molar-refractivity contribution in [1.29, 1.82) is 0 Å². The molecule has 4 nitrogen and oxygen atoms in total. The molecule has 1 aromatic heterocycles. The Balaban J connectivity index is 1.09. The summed E-state index contributed by atoms with van der Waals surface area (Å²) < 4.78 is 2.79. The molecule has 2 unspecified atom stereocenters. The van der Waals surface area contributed by atoms with E-state index in [2.05, 4.69) is 295 Å². The second kappa shape index (κ2) is 19.9. The van der Waals surface area contributed by atoms with E-state index in [1.54, 1.807) is 5.57 Å². The Bertz CT molecular complexity index is 4210. The van der Waals surface area contributed by atoms with Gasteiger partial charge >= 0.3 is 0 Å². The summed E-state index contributed by atoms with van der Waals surface area (Å²) >= 11 is 0. The van der Waals surface area contributed by atoms with Gasteiger partial charge in [0.05, 0.1) is 17.4 Å². The van der Waals surface area contributed by atoms with E-state index in [0.717, 1.165) is 48.4 Å². The highest BCUT2D eigenvalue weighted by Crippen LogP contribution is 2.52. The van der Waals surface area contributed by atoms with Crippen LogP contribution in [0.15, 0.2) is 260 Å². The molecule has 2 atom stereocenters. The molecule has 0 radical (unpaired) electrons. The van der Waals surface area contributed by atoms with Gasteiger partial charge in [-0.1, -0.05) is 197 Å². The maximum absolute atomic E-state index is 2.79. The quantitative estimate of drug-likeness (QED) is 0.106. The second-order valence-electron chi connectivity index (χ2n) is 23.7. The average molecular weight is 1050 g/mol. The molecule has 2 aliphatic heterocycles. The Kier molecular flexibility index (Phi) is 12.1. The minimum absolute atomic E-state index is 0.141. The number of hydrogen-bond donors (Lipinski definition) is 0. The molecule has 3 heterocycles. The minimum Gasteiger partial charge on any atom is -0.333 e. The van der Waals surface area contributed by atoms with Crippen molar-refractivity contribution in [3.63, 3.8) is 0 Å². The average Bonchev–Trinajstić information content (AvgIpc) is 4.04. The van der Waals surface area contributed by atoms with Gasteiger partial charge in [0.15, 0.2) is 0 Å². The van der Waals surface area contributed by atoms with Crippen LogP contribution in [0.1, 0.15) is 70.9 Å². The zero-order valence-corrected chi connectivity index (χ0v) is 46.5. The van der Waals surface area contributed by atoms with Gasteiger partial charge in [0.2, 0.25) is 0 Å². The van der Waals surface area contributed by atoms with Gasteiger partial charge in [-0.15, -0.1) is 0 Å². The third kappa shape index (κ3) is 8.19. The molecule has 392 valence electrons. The van der Waals surface area contributed by atoms with Crippen molar-refractivity contribution < 1.29 is 0 Å². The number of allylic oxidation sites excluding steroid dienone is 4. The number of para-hydroxylation sites is 5. The molecule has 2 aliphatic carbocycles. The van der Waals surface area contributed by atoms with Gasteiger partial charge in [0.1, 0.15) is 0 Å². The topological polar surface area (TPSA) is 14.7 Å². The van der Waals surface area contributed by atoms with Crippen LogP contribution in [0.3, 0.4) is 0 Å². The molecule has 0 saturated carbocycles. The van der Waals surface area contributed by atoms with Gasteiger partial charge in [-0.05, 0) is 167 Å². The molecule has 81 heavy (non-hydrogen) atoms. The second-order valence-corrected chi connectivity index (χ2v) is 23.7. The zero-order valence-electron chi connectivity index (χ0n) is 46.5. The molecular weight excluding hydrogens is 980 g/mol. The van der Waals surface area contributed by atoms with Crippen molar-refractivity contribution in [2.24, 2.45) is 5.92 Å². The van der Waals surface area contributed by atoms with E-state index in [1.807, 2.05) is 0 Å². The number of anilines is 9. The Hall–Kier alpha value is -9.06. The van der Waals surface area contributed by atoms with Crippen LogP contribution >= 0.6 is 0 Å². The molecule has 0 fully saturated rings. The van der Waals surface area contributed by atoms with Crippen LogP contribution in [-0.2, 0) is 5.41 Å². The molecule has 0 saturated heterocycles. The van der Waals surface area contributed by atoms with Crippen molar-refractivity contribution >= 4 is 96.1 Å². The first kappa shape index (κ1) is 49.0. The summed E-state index contributed by atoms with van der Waals surface area (Å²) in [6, 6.07) is 89.2. The lowest BCUT2D eigenvalue weighted by Gasteiger charge is -2.46. The SMILES string of the molecule is CC(C)(C)c1cc2c3c(c1)N(c1ccccc1-c1ccccc1)c1ccc4c(c1B3c1ccc(N(c3ccccc3)c3ccccc3)cc1N2c1ccccc1-c1ccccc1)c1ccccc1n4C1CCCC=C1C1CC=CCC1. The molecule has 4 aliphatic rings. The summed E-state index contributed by atoms with van der Waals surface area (Å²) in [7, 11) is 0. The first-order chi connectivity index (χ1) is 39.9. The predicted octanol–water partition coefficient (Wildman–Crippen LogP) is 19.0. The van der Waals surface area contributed by atoms with Crippen LogP contribution in [0.25, 0.3) is 44.1 Å². The highest BCUT2D eigenvalue weighted by atomic mass is 15.2. The summed E-state index contributed by atoms with van der Waals surface area (Å²) in [5, 5.41) is 2.67. The van der Waals surface area contributed by atoms with Gasteiger partial charge in [0.25, 0.3) is 6.71 Å². The van der Waals surface area contributed by atoms with Crippen molar-refractivity contribution in [3.05, 3.63) is 266 Å². The van der Waals surface area contributed by atoms with Crippen molar-refractivity contribution in [2.45, 2.75) is 70.8 Å². The normalized spacial score (nSPS) is 16.5. The Labute approximate surface area is 477 Å². The van der Waals surface area contributed by atoms with Gasteiger partial charge in [-0.2, -0.15) is 0 Å². The van der Waals surface area contributed by atoms with Crippen LogP contribution < -0.4 is 31.1 Å². The lowest BCUT2D eigenvalue weighted by Crippen LogP contribution is -2.61. The van der Waals surface area contributed by atoms with Crippen LogP contribution in [0.5, 0.6) is 0 Å². The van der Waals surface area contributed by atoms with E-state index in [4.69, 9.17) is 0 Å². The zero-order chi connectivity index (χ0) is 54.2. The molecule has 0 spiro atoms. The fourth-order valence-corrected chi connectivity index (χ4v) is 14.4. The van der Waals surface area contributed by atoms with Gasteiger partial charge < -0.3 is 19.3 Å².